The van der Waals surface area contributed by atoms with E-state index >= 15 is 0 Å². The van der Waals surface area contributed by atoms with Gasteiger partial charge in [0.25, 0.3) is 0 Å². The average molecular weight is 759 g/mol. The summed E-state index contributed by atoms with van der Waals surface area (Å²) in [6.07, 6.45) is 7.85. The summed E-state index contributed by atoms with van der Waals surface area (Å²) in [4.78, 5) is 2.47. The summed E-state index contributed by atoms with van der Waals surface area (Å²) in [7, 11) is -2.85. The number of fused-ring (bicyclic) bond motifs is 9. The smallest absolute Gasteiger partial charge is 0.179 e. The van der Waals surface area contributed by atoms with E-state index < -0.39 is 8.07 Å². The van der Waals surface area contributed by atoms with Gasteiger partial charge in [-0.1, -0.05) is 152 Å². The second-order valence-corrected chi connectivity index (χ2v) is 19.4. The third-order valence-electron chi connectivity index (χ3n) is 12.6. The molecule has 0 bridgehead atoms. The fraction of sp³-hybridized carbons (Fsp3) is 0.0370. The van der Waals surface area contributed by atoms with Gasteiger partial charge in [-0.05, 0) is 93.4 Å². The molecule has 0 spiro atoms. The van der Waals surface area contributed by atoms with Crippen molar-refractivity contribution in [1.29, 1.82) is 0 Å². The van der Waals surface area contributed by atoms with Crippen LogP contribution in [0.4, 0.5) is 11.4 Å². The van der Waals surface area contributed by atoms with Gasteiger partial charge in [-0.2, -0.15) is 0 Å². The molecular formula is C54H38N2OSi. The molecule has 3 heterocycles. The van der Waals surface area contributed by atoms with E-state index in [9.17, 15) is 0 Å². The number of benzene rings is 8. The lowest BCUT2D eigenvalue weighted by atomic mass is 9.92. The van der Waals surface area contributed by atoms with Gasteiger partial charge in [0, 0.05) is 50.2 Å². The Kier molecular flexibility index (Phi) is 7.38. The lowest BCUT2D eigenvalue weighted by molar-refractivity contribution is 0.669. The van der Waals surface area contributed by atoms with Gasteiger partial charge in [0.1, 0.15) is 11.2 Å². The average Bonchev–Trinajstić information content (AvgIpc) is 3.94. The molecule has 1 aliphatic carbocycles. The van der Waals surface area contributed by atoms with Crippen LogP contribution < -0.4 is 25.6 Å². The number of allylic oxidation sites excluding steroid dienone is 4. The molecular weight excluding hydrogens is 721 g/mol. The van der Waals surface area contributed by atoms with Crippen molar-refractivity contribution < 1.29 is 4.42 Å². The molecule has 1 aliphatic heterocycles. The Bertz CT molecular complexity index is 3210. The highest BCUT2D eigenvalue weighted by Crippen LogP contribution is 2.50. The monoisotopic (exact) mass is 758 g/mol. The minimum Gasteiger partial charge on any atom is -0.456 e. The molecule has 8 aromatic carbocycles. The minimum atomic E-state index is -2.85. The maximum Gasteiger partial charge on any atom is 0.179 e. The van der Waals surface area contributed by atoms with Gasteiger partial charge in [0.15, 0.2) is 8.07 Å². The first-order valence-corrected chi connectivity index (χ1v) is 22.2. The summed E-state index contributed by atoms with van der Waals surface area (Å²) in [5, 5.41) is 10.2. The normalized spacial score (nSPS) is 15.0. The predicted octanol–water partition coefficient (Wildman–Crippen LogP) is 11.1. The standard InChI is InChI=1S/C54H38N2OSi/c1-4-16-37(17-5-1)55-49-25-13-10-22-43(49)46-34-42(32-33-51(46)55)58(39-18-6-2-7-19-39,40-20-8-3-9-21-40)41-30-28-38(29-31-41)56-50-26-14-11-23-44(50)47-36-54-48(35-52(47)56)45-24-12-15-27-53(45)57-54/h1-21,23-36,43H,22H2. The second kappa shape index (κ2) is 13.0. The first kappa shape index (κ1) is 33.0. The zero-order valence-electron chi connectivity index (χ0n) is 31.8. The summed E-state index contributed by atoms with van der Waals surface area (Å²) in [5.41, 5.74) is 10.6. The molecule has 1 unspecified atom stereocenters. The number of aromatic nitrogens is 1. The molecule has 0 saturated heterocycles. The van der Waals surface area contributed by atoms with E-state index in [1.165, 1.54) is 65.2 Å². The van der Waals surface area contributed by atoms with Gasteiger partial charge in [-0.25, -0.2) is 0 Å². The molecule has 12 rings (SSSR count). The van der Waals surface area contributed by atoms with Crippen LogP contribution in [0.15, 0.2) is 222 Å². The predicted molar refractivity (Wildman–Crippen MR) is 245 cm³/mol. The first-order chi connectivity index (χ1) is 28.8. The Labute approximate surface area is 338 Å². The van der Waals surface area contributed by atoms with Crippen LogP contribution >= 0.6 is 0 Å². The summed E-state index contributed by atoms with van der Waals surface area (Å²) in [6, 6.07) is 72.0. The van der Waals surface area contributed by atoms with Crippen molar-refractivity contribution >= 4 is 83.9 Å². The lowest BCUT2D eigenvalue weighted by Crippen LogP contribution is -2.74. The fourth-order valence-corrected chi connectivity index (χ4v) is 14.9. The van der Waals surface area contributed by atoms with Crippen molar-refractivity contribution in [1.82, 2.24) is 4.57 Å². The molecule has 0 fully saturated rings. The molecule has 0 radical (unpaired) electrons. The van der Waals surface area contributed by atoms with E-state index in [1.807, 2.05) is 6.07 Å². The molecule has 2 aliphatic rings. The molecule has 58 heavy (non-hydrogen) atoms. The Hall–Kier alpha value is -7.14. The molecule has 0 amide bonds. The highest BCUT2D eigenvalue weighted by atomic mass is 28.3. The summed E-state index contributed by atoms with van der Waals surface area (Å²) in [6.45, 7) is 0. The minimum absolute atomic E-state index is 0.301. The highest BCUT2D eigenvalue weighted by molar-refractivity contribution is 7.19. The Balaban J connectivity index is 1.08. The summed E-state index contributed by atoms with van der Waals surface area (Å²) < 4.78 is 8.81. The van der Waals surface area contributed by atoms with Crippen LogP contribution in [0.2, 0.25) is 0 Å². The van der Waals surface area contributed by atoms with Crippen LogP contribution in [0.5, 0.6) is 0 Å². The molecule has 274 valence electrons. The van der Waals surface area contributed by atoms with E-state index in [4.69, 9.17) is 4.42 Å². The van der Waals surface area contributed by atoms with Gasteiger partial charge >= 0.3 is 0 Å². The number of nitrogens with zero attached hydrogens (tertiary/aromatic N) is 2. The van der Waals surface area contributed by atoms with Crippen molar-refractivity contribution in [3.8, 4) is 5.69 Å². The fourth-order valence-electron chi connectivity index (χ4n) is 10.1. The van der Waals surface area contributed by atoms with Gasteiger partial charge < -0.3 is 13.9 Å². The van der Waals surface area contributed by atoms with Crippen LogP contribution in [0.25, 0.3) is 49.4 Å². The zero-order valence-corrected chi connectivity index (χ0v) is 32.8. The van der Waals surface area contributed by atoms with Crippen molar-refractivity contribution in [3.05, 3.63) is 224 Å². The zero-order chi connectivity index (χ0) is 38.2. The van der Waals surface area contributed by atoms with Crippen LogP contribution in [-0.4, -0.2) is 12.6 Å². The molecule has 1 atom stereocenters. The van der Waals surface area contributed by atoms with Gasteiger partial charge in [-0.15, -0.1) is 0 Å². The second-order valence-electron chi connectivity index (χ2n) is 15.6. The van der Waals surface area contributed by atoms with E-state index in [-0.39, 0.29) is 0 Å². The third kappa shape index (κ3) is 4.79. The van der Waals surface area contributed by atoms with Crippen molar-refractivity contribution in [2.45, 2.75) is 12.3 Å². The first-order valence-electron chi connectivity index (χ1n) is 20.2. The van der Waals surface area contributed by atoms with E-state index in [0.29, 0.717) is 5.92 Å². The number of para-hydroxylation sites is 3. The number of furan rings is 1. The summed E-state index contributed by atoms with van der Waals surface area (Å²) >= 11 is 0. The lowest BCUT2D eigenvalue weighted by Gasteiger charge is -2.35. The molecule has 10 aromatic rings. The van der Waals surface area contributed by atoms with Crippen LogP contribution in [0, 0.1) is 0 Å². The Morgan fingerprint density at radius 1 is 0.466 bits per heavy atom. The Morgan fingerprint density at radius 2 is 1.10 bits per heavy atom. The SMILES string of the molecule is C1=CCC2C(=C1)N(c1ccccc1)c1ccc([Si](c3ccccc3)(c3ccccc3)c3ccc(-n4c5ccccc5c5cc6oc7ccccc7c6cc54)cc3)cc12. The highest BCUT2D eigenvalue weighted by Gasteiger charge is 2.44. The Morgan fingerprint density at radius 3 is 1.86 bits per heavy atom. The number of hydrogen-bond acceptors (Lipinski definition) is 2. The molecule has 0 saturated carbocycles. The largest absolute Gasteiger partial charge is 0.456 e. The van der Waals surface area contributed by atoms with E-state index in [2.05, 4.69) is 216 Å². The van der Waals surface area contributed by atoms with Gasteiger partial charge in [-0.3, -0.25) is 0 Å². The molecule has 2 aromatic heterocycles. The van der Waals surface area contributed by atoms with E-state index in [1.54, 1.807) is 0 Å². The third-order valence-corrected chi connectivity index (χ3v) is 17.4. The van der Waals surface area contributed by atoms with Gasteiger partial charge in [0.2, 0.25) is 0 Å². The van der Waals surface area contributed by atoms with E-state index in [0.717, 1.165) is 34.0 Å². The van der Waals surface area contributed by atoms with Crippen LogP contribution in [0.3, 0.4) is 0 Å². The van der Waals surface area contributed by atoms with Crippen molar-refractivity contribution in [2.75, 3.05) is 4.90 Å². The van der Waals surface area contributed by atoms with Crippen LogP contribution in [-0.2, 0) is 0 Å². The molecule has 4 heteroatoms. The maximum absolute atomic E-state index is 6.38. The number of anilines is 2. The quantitative estimate of drug-likeness (QED) is 0.124. The topological polar surface area (TPSA) is 21.3 Å². The van der Waals surface area contributed by atoms with Gasteiger partial charge in [0.05, 0.1) is 11.0 Å². The summed E-state index contributed by atoms with van der Waals surface area (Å²) in [5.74, 6) is 0.301. The number of rotatable bonds is 6. The van der Waals surface area contributed by atoms with Crippen LogP contribution in [0.1, 0.15) is 17.9 Å². The number of hydrogen-bond donors (Lipinski definition) is 0. The van der Waals surface area contributed by atoms with Crippen molar-refractivity contribution in [2.24, 2.45) is 0 Å². The van der Waals surface area contributed by atoms with Crippen molar-refractivity contribution in [3.63, 3.8) is 0 Å². The molecule has 3 nitrogen and oxygen atoms in total. The molecule has 0 N–H and O–H groups in total. The maximum atomic E-state index is 6.38.